The Morgan fingerprint density at radius 3 is 1.72 bits per heavy atom. The van der Waals surface area contributed by atoms with Crippen LogP contribution in [0.4, 0.5) is 0 Å². The summed E-state index contributed by atoms with van der Waals surface area (Å²) in [5.41, 5.74) is 4.39. The van der Waals surface area contributed by atoms with Gasteiger partial charge in [0.2, 0.25) is 0 Å². The molecule has 2 heterocycles. The Morgan fingerprint density at radius 2 is 1.17 bits per heavy atom. The highest BCUT2D eigenvalue weighted by atomic mass is 16.5. The summed E-state index contributed by atoms with van der Waals surface area (Å²) >= 11 is 0. The first-order valence-electron chi connectivity index (χ1n) is 10.0. The van der Waals surface area contributed by atoms with E-state index in [2.05, 4.69) is 52.0 Å². The van der Waals surface area contributed by atoms with Gasteiger partial charge in [0.05, 0.1) is 23.9 Å². The van der Waals surface area contributed by atoms with Crippen LogP contribution in [0, 0.1) is 0 Å². The van der Waals surface area contributed by atoms with Crippen molar-refractivity contribution in [1.82, 2.24) is 9.38 Å². The molecular weight excluding hydrogens is 360 g/mol. The number of fused-ring (bicyclic) bond motifs is 1. The maximum atomic E-state index is 5.75. The summed E-state index contributed by atoms with van der Waals surface area (Å²) in [5, 5.41) is 0. The van der Waals surface area contributed by atoms with E-state index in [1.807, 2.05) is 58.2 Å². The van der Waals surface area contributed by atoms with Gasteiger partial charge < -0.3 is 9.47 Å². The van der Waals surface area contributed by atoms with Crippen LogP contribution in [0.1, 0.15) is 27.7 Å². The van der Waals surface area contributed by atoms with Crippen LogP contribution < -0.4 is 9.47 Å². The van der Waals surface area contributed by atoms with E-state index in [0.717, 1.165) is 39.5 Å². The van der Waals surface area contributed by atoms with Crippen molar-refractivity contribution in [1.29, 1.82) is 0 Å². The molecule has 148 valence electrons. The largest absolute Gasteiger partial charge is 0.491 e. The number of aromatic nitrogens is 2. The van der Waals surface area contributed by atoms with Crippen LogP contribution in [0.3, 0.4) is 0 Å². The lowest BCUT2D eigenvalue weighted by molar-refractivity contribution is 0.242. The van der Waals surface area contributed by atoms with Crippen molar-refractivity contribution in [2.45, 2.75) is 39.9 Å². The Bertz CT molecular complexity index is 1090. The maximum Gasteiger partial charge on any atom is 0.144 e. The van der Waals surface area contributed by atoms with E-state index in [-0.39, 0.29) is 12.2 Å². The third-order valence-corrected chi connectivity index (χ3v) is 4.57. The molecule has 0 aliphatic rings. The van der Waals surface area contributed by atoms with Gasteiger partial charge in [0.1, 0.15) is 17.3 Å². The molecule has 0 fully saturated rings. The fourth-order valence-electron chi connectivity index (χ4n) is 3.33. The minimum atomic E-state index is 0.160. The third kappa shape index (κ3) is 4.27. The number of nitrogens with zero attached hydrogens (tertiary/aromatic N) is 2. The van der Waals surface area contributed by atoms with Crippen LogP contribution in [-0.2, 0) is 0 Å². The first kappa shape index (κ1) is 19.1. The van der Waals surface area contributed by atoms with E-state index in [1.54, 1.807) is 0 Å². The standard InChI is InChI=1S/C25H26N2O2/c1-17(2)28-23-11-6-19(7-12-23)21-5-10-22-15-26-25(27(22)16-21)20-8-13-24(14-9-20)29-18(3)4/h5-18H,1-4H3. The lowest BCUT2D eigenvalue weighted by Gasteiger charge is -2.11. The molecule has 2 aromatic carbocycles. The van der Waals surface area contributed by atoms with E-state index in [9.17, 15) is 0 Å². The Balaban J connectivity index is 1.66. The molecule has 0 atom stereocenters. The van der Waals surface area contributed by atoms with Gasteiger partial charge in [0.15, 0.2) is 0 Å². The molecule has 0 N–H and O–H groups in total. The Hall–Kier alpha value is -3.27. The van der Waals surface area contributed by atoms with E-state index in [0.29, 0.717) is 0 Å². The highest BCUT2D eigenvalue weighted by Gasteiger charge is 2.09. The Morgan fingerprint density at radius 1 is 0.655 bits per heavy atom. The molecule has 0 bridgehead atoms. The normalized spacial score (nSPS) is 11.4. The third-order valence-electron chi connectivity index (χ3n) is 4.57. The first-order chi connectivity index (χ1) is 14.0. The van der Waals surface area contributed by atoms with Gasteiger partial charge in [0.25, 0.3) is 0 Å². The van der Waals surface area contributed by atoms with Gasteiger partial charge in [-0.25, -0.2) is 4.98 Å². The van der Waals surface area contributed by atoms with Gasteiger partial charge in [-0.2, -0.15) is 0 Å². The number of rotatable bonds is 6. The van der Waals surface area contributed by atoms with E-state index < -0.39 is 0 Å². The number of imidazole rings is 1. The fraction of sp³-hybridized carbons (Fsp3) is 0.240. The van der Waals surface area contributed by atoms with Gasteiger partial charge in [-0.15, -0.1) is 0 Å². The smallest absolute Gasteiger partial charge is 0.144 e. The molecule has 4 nitrogen and oxygen atoms in total. The second kappa shape index (κ2) is 8.00. The van der Waals surface area contributed by atoms with Crippen LogP contribution >= 0.6 is 0 Å². The molecular formula is C25H26N2O2. The SMILES string of the molecule is CC(C)Oc1ccc(-c2ccc3cnc(-c4ccc(OC(C)C)cc4)n3c2)cc1. The molecule has 0 spiro atoms. The summed E-state index contributed by atoms with van der Waals surface area (Å²) in [6.07, 6.45) is 4.36. The van der Waals surface area contributed by atoms with Crippen molar-refractivity contribution in [2.24, 2.45) is 0 Å². The molecule has 0 radical (unpaired) electrons. The van der Waals surface area contributed by atoms with E-state index in [1.165, 1.54) is 0 Å². The molecule has 29 heavy (non-hydrogen) atoms. The number of hydrogen-bond donors (Lipinski definition) is 0. The zero-order valence-electron chi connectivity index (χ0n) is 17.3. The van der Waals surface area contributed by atoms with Gasteiger partial charge in [-0.1, -0.05) is 18.2 Å². The monoisotopic (exact) mass is 386 g/mol. The van der Waals surface area contributed by atoms with Gasteiger partial charge >= 0.3 is 0 Å². The average Bonchev–Trinajstić information content (AvgIpc) is 3.11. The second-order valence-electron chi connectivity index (χ2n) is 7.68. The summed E-state index contributed by atoms with van der Waals surface area (Å²) in [6, 6.07) is 20.5. The van der Waals surface area contributed by atoms with E-state index in [4.69, 9.17) is 9.47 Å². The molecule has 2 aromatic heterocycles. The fourth-order valence-corrected chi connectivity index (χ4v) is 3.33. The molecule has 0 unspecified atom stereocenters. The molecule has 4 aromatic rings. The minimum Gasteiger partial charge on any atom is -0.491 e. The maximum absolute atomic E-state index is 5.75. The molecule has 0 aliphatic carbocycles. The van der Waals surface area contributed by atoms with Crippen LogP contribution in [0.5, 0.6) is 11.5 Å². The summed E-state index contributed by atoms with van der Waals surface area (Å²) in [6.45, 7) is 8.12. The van der Waals surface area contributed by atoms with Crippen LogP contribution in [0.2, 0.25) is 0 Å². The lowest BCUT2D eigenvalue weighted by atomic mass is 10.1. The predicted molar refractivity (Wildman–Crippen MR) is 118 cm³/mol. The molecule has 4 rings (SSSR count). The van der Waals surface area contributed by atoms with Crippen LogP contribution in [0.15, 0.2) is 73.1 Å². The van der Waals surface area contributed by atoms with E-state index >= 15 is 0 Å². The van der Waals surface area contributed by atoms with Crippen molar-refractivity contribution in [3.8, 4) is 34.0 Å². The molecule has 0 saturated carbocycles. The van der Waals surface area contributed by atoms with Crippen molar-refractivity contribution in [3.05, 3.63) is 73.1 Å². The molecule has 4 heteroatoms. The van der Waals surface area contributed by atoms with Crippen LogP contribution in [0.25, 0.3) is 28.0 Å². The summed E-state index contributed by atoms with van der Waals surface area (Å²) in [5.74, 6) is 2.67. The van der Waals surface area contributed by atoms with Crippen molar-refractivity contribution in [3.63, 3.8) is 0 Å². The number of hydrogen-bond acceptors (Lipinski definition) is 3. The zero-order chi connectivity index (χ0) is 20.4. The van der Waals surface area contributed by atoms with Crippen molar-refractivity contribution < 1.29 is 9.47 Å². The lowest BCUT2D eigenvalue weighted by Crippen LogP contribution is -2.05. The van der Waals surface area contributed by atoms with Gasteiger partial charge in [-0.3, -0.25) is 4.40 Å². The van der Waals surface area contributed by atoms with Gasteiger partial charge in [-0.05, 0) is 81.3 Å². The molecule has 0 amide bonds. The molecule has 0 aliphatic heterocycles. The average molecular weight is 386 g/mol. The Labute approximate surface area is 171 Å². The quantitative estimate of drug-likeness (QED) is 0.393. The first-order valence-corrected chi connectivity index (χ1v) is 10.0. The van der Waals surface area contributed by atoms with Gasteiger partial charge in [0, 0.05) is 11.8 Å². The Kier molecular flexibility index (Phi) is 5.26. The molecule has 0 saturated heterocycles. The van der Waals surface area contributed by atoms with Crippen LogP contribution in [-0.4, -0.2) is 21.6 Å². The number of ether oxygens (including phenoxy) is 2. The number of pyridine rings is 1. The van der Waals surface area contributed by atoms with Crippen molar-refractivity contribution >= 4 is 5.52 Å². The topological polar surface area (TPSA) is 35.8 Å². The highest BCUT2D eigenvalue weighted by molar-refractivity contribution is 5.69. The minimum absolute atomic E-state index is 0.160. The second-order valence-corrected chi connectivity index (χ2v) is 7.68. The number of benzene rings is 2. The summed E-state index contributed by atoms with van der Waals surface area (Å²) in [4.78, 5) is 4.64. The summed E-state index contributed by atoms with van der Waals surface area (Å²) < 4.78 is 13.6. The highest BCUT2D eigenvalue weighted by Crippen LogP contribution is 2.27. The predicted octanol–water partition coefficient (Wildman–Crippen LogP) is 6.24. The zero-order valence-corrected chi connectivity index (χ0v) is 17.3. The van der Waals surface area contributed by atoms with Crippen molar-refractivity contribution in [2.75, 3.05) is 0 Å². The summed E-state index contributed by atoms with van der Waals surface area (Å²) in [7, 11) is 0.